The van der Waals surface area contributed by atoms with Gasteiger partial charge in [-0.3, -0.25) is 9.59 Å². The smallest absolute Gasteiger partial charge is 0.249 e. The molecule has 1 atom stereocenters. The van der Waals surface area contributed by atoms with E-state index >= 15 is 0 Å². The van der Waals surface area contributed by atoms with E-state index in [0.29, 0.717) is 12.3 Å². The summed E-state index contributed by atoms with van der Waals surface area (Å²) in [6, 6.07) is 0. The standard InChI is InChI=1S/C8H15NO3S/c1-6(10)5-7(12-2)8(11)9-3-4-13/h7,13H,3-5H2,1-2H3,(H,9,11). The summed E-state index contributed by atoms with van der Waals surface area (Å²) in [4.78, 5) is 22.0. The van der Waals surface area contributed by atoms with E-state index in [2.05, 4.69) is 17.9 Å². The van der Waals surface area contributed by atoms with Crippen molar-refractivity contribution >= 4 is 24.3 Å². The van der Waals surface area contributed by atoms with Crippen molar-refractivity contribution in [3.05, 3.63) is 0 Å². The van der Waals surface area contributed by atoms with Crippen molar-refractivity contribution in [2.45, 2.75) is 19.4 Å². The van der Waals surface area contributed by atoms with Crippen LogP contribution in [-0.2, 0) is 14.3 Å². The number of thiol groups is 1. The molecular formula is C8H15NO3S. The third-order valence-corrected chi connectivity index (χ3v) is 1.68. The molecule has 0 aromatic rings. The van der Waals surface area contributed by atoms with Crippen LogP contribution in [0.5, 0.6) is 0 Å². The van der Waals surface area contributed by atoms with Crippen LogP contribution in [0.3, 0.4) is 0 Å². The third kappa shape index (κ3) is 5.65. The molecule has 0 spiro atoms. The molecule has 0 aromatic heterocycles. The minimum Gasteiger partial charge on any atom is -0.371 e. The lowest BCUT2D eigenvalue weighted by atomic mass is 10.2. The predicted octanol–water partition coefficient (Wildman–Crippen LogP) is 0.0265. The number of carbonyl (C=O) groups excluding carboxylic acids is 2. The van der Waals surface area contributed by atoms with Gasteiger partial charge in [-0.15, -0.1) is 0 Å². The lowest BCUT2D eigenvalue weighted by Crippen LogP contribution is -2.37. The number of hydrogen-bond acceptors (Lipinski definition) is 4. The third-order valence-electron chi connectivity index (χ3n) is 1.46. The summed E-state index contributed by atoms with van der Waals surface area (Å²) in [5.74, 6) is 0.252. The highest BCUT2D eigenvalue weighted by Gasteiger charge is 2.18. The summed E-state index contributed by atoms with van der Waals surface area (Å²) in [6.07, 6.45) is -0.549. The zero-order valence-electron chi connectivity index (χ0n) is 7.87. The number of ketones is 1. The van der Waals surface area contributed by atoms with Gasteiger partial charge >= 0.3 is 0 Å². The van der Waals surface area contributed by atoms with Crippen LogP contribution in [0, 0.1) is 0 Å². The van der Waals surface area contributed by atoms with E-state index in [-0.39, 0.29) is 18.1 Å². The van der Waals surface area contributed by atoms with Crippen molar-refractivity contribution in [1.29, 1.82) is 0 Å². The molecule has 0 rings (SSSR count). The highest BCUT2D eigenvalue weighted by molar-refractivity contribution is 7.80. The van der Waals surface area contributed by atoms with Gasteiger partial charge in [0.2, 0.25) is 5.91 Å². The number of hydrogen-bond donors (Lipinski definition) is 2. The van der Waals surface area contributed by atoms with Gasteiger partial charge in [0.15, 0.2) is 0 Å². The molecule has 0 bridgehead atoms. The van der Waals surface area contributed by atoms with Crippen LogP contribution in [0.4, 0.5) is 0 Å². The van der Waals surface area contributed by atoms with Crippen LogP contribution in [0.1, 0.15) is 13.3 Å². The Morgan fingerprint density at radius 3 is 2.54 bits per heavy atom. The molecule has 13 heavy (non-hydrogen) atoms. The highest BCUT2D eigenvalue weighted by atomic mass is 32.1. The number of Topliss-reactive ketones (excluding diaryl/α,β-unsaturated/α-hetero) is 1. The summed E-state index contributed by atoms with van der Waals surface area (Å²) < 4.78 is 4.86. The average molecular weight is 205 g/mol. The molecular weight excluding hydrogens is 190 g/mol. The largest absolute Gasteiger partial charge is 0.371 e. The van der Waals surface area contributed by atoms with E-state index < -0.39 is 6.10 Å². The fourth-order valence-electron chi connectivity index (χ4n) is 0.837. The van der Waals surface area contributed by atoms with Gasteiger partial charge in [-0.25, -0.2) is 0 Å². The fourth-order valence-corrected chi connectivity index (χ4v) is 0.949. The van der Waals surface area contributed by atoms with Gasteiger partial charge in [-0.1, -0.05) is 0 Å². The monoisotopic (exact) mass is 205 g/mol. The summed E-state index contributed by atoms with van der Waals surface area (Å²) in [7, 11) is 1.41. The second kappa shape index (κ2) is 6.91. The van der Waals surface area contributed by atoms with E-state index in [1.54, 1.807) is 0 Å². The Labute approximate surface area is 83.4 Å². The lowest BCUT2D eigenvalue weighted by molar-refractivity contribution is -0.135. The number of methoxy groups -OCH3 is 1. The Bertz CT molecular complexity index is 184. The number of carbonyl (C=O) groups is 2. The summed E-state index contributed by atoms with van der Waals surface area (Å²) in [6.45, 7) is 1.91. The van der Waals surface area contributed by atoms with Crippen LogP contribution in [0.25, 0.3) is 0 Å². The fraction of sp³-hybridized carbons (Fsp3) is 0.750. The molecule has 0 saturated heterocycles. The Kier molecular flexibility index (Phi) is 6.62. The van der Waals surface area contributed by atoms with E-state index in [4.69, 9.17) is 4.74 Å². The minimum absolute atomic E-state index is 0.0622. The number of rotatable bonds is 6. The molecule has 0 aliphatic rings. The minimum atomic E-state index is -0.669. The Morgan fingerprint density at radius 1 is 1.54 bits per heavy atom. The first kappa shape index (κ1) is 12.4. The normalized spacial score (nSPS) is 12.2. The van der Waals surface area contributed by atoms with Crippen molar-refractivity contribution in [3.63, 3.8) is 0 Å². The van der Waals surface area contributed by atoms with Crippen LogP contribution in [0.2, 0.25) is 0 Å². The molecule has 4 nitrogen and oxygen atoms in total. The number of nitrogens with one attached hydrogen (secondary N) is 1. The van der Waals surface area contributed by atoms with Gasteiger partial charge in [0.1, 0.15) is 11.9 Å². The zero-order chi connectivity index (χ0) is 10.3. The van der Waals surface area contributed by atoms with Gasteiger partial charge in [0.25, 0.3) is 0 Å². The molecule has 0 aromatic carbocycles. The predicted molar refractivity (Wildman–Crippen MR) is 53.0 cm³/mol. The number of ether oxygens (including phenoxy) is 1. The van der Waals surface area contributed by atoms with Crippen molar-refractivity contribution in [1.82, 2.24) is 5.32 Å². The maximum Gasteiger partial charge on any atom is 0.249 e. The summed E-state index contributed by atoms with van der Waals surface area (Å²) in [5, 5.41) is 2.60. The summed E-state index contributed by atoms with van der Waals surface area (Å²) >= 11 is 3.94. The molecule has 0 fully saturated rings. The SMILES string of the molecule is COC(CC(C)=O)C(=O)NCCS. The van der Waals surface area contributed by atoms with Gasteiger partial charge in [0.05, 0.1) is 0 Å². The van der Waals surface area contributed by atoms with E-state index in [1.165, 1.54) is 14.0 Å². The average Bonchev–Trinajstić information content (AvgIpc) is 2.09. The molecule has 1 amide bonds. The molecule has 5 heteroatoms. The Balaban J connectivity index is 3.92. The molecule has 0 aliphatic carbocycles. The Morgan fingerprint density at radius 2 is 2.15 bits per heavy atom. The van der Waals surface area contributed by atoms with Gasteiger partial charge in [-0.2, -0.15) is 12.6 Å². The molecule has 76 valence electrons. The number of amides is 1. The van der Waals surface area contributed by atoms with Gasteiger partial charge in [0, 0.05) is 25.8 Å². The van der Waals surface area contributed by atoms with Crippen molar-refractivity contribution < 1.29 is 14.3 Å². The van der Waals surface area contributed by atoms with Crippen molar-refractivity contribution in [2.75, 3.05) is 19.4 Å². The van der Waals surface area contributed by atoms with Crippen molar-refractivity contribution in [2.24, 2.45) is 0 Å². The first-order valence-electron chi connectivity index (χ1n) is 4.02. The molecule has 1 N–H and O–H groups in total. The van der Waals surface area contributed by atoms with Gasteiger partial charge in [-0.05, 0) is 6.92 Å². The van der Waals surface area contributed by atoms with Crippen LogP contribution in [-0.4, -0.2) is 37.2 Å². The maximum atomic E-state index is 11.2. The van der Waals surface area contributed by atoms with E-state index in [0.717, 1.165) is 0 Å². The van der Waals surface area contributed by atoms with Crippen LogP contribution >= 0.6 is 12.6 Å². The second-order valence-corrected chi connectivity index (χ2v) is 3.09. The molecule has 0 heterocycles. The summed E-state index contributed by atoms with van der Waals surface area (Å²) in [5.41, 5.74) is 0. The van der Waals surface area contributed by atoms with Crippen molar-refractivity contribution in [3.8, 4) is 0 Å². The topological polar surface area (TPSA) is 55.4 Å². The zero-order valence-corrected chi connectivity index (χ0v) is 8.77. The van der Waals surface area contributed by atoms with E-state index in [9.17, 15) is 9.59 Å². The second-order valence-electron chi connectivity index (χ2n) is 2.65. The van der Waals surface area contributed by atoms with Gasteiger partial charge < -0.3 is 10.1 Å². The molecule has 1 unspecified atom stereocenters. The highest BCUT2D eigenvalue weighted by Crippen LogP contribution is 1.97. The van der Waals surface area contributed by atoms with Crippen LogP contribution in [0.15, 0.2) is 0 Å². The lowest BCUT2D eigenvalue weighted by Gasteiger charge is -2.12. The first-order valence-corrected chi connectivity index (χ1v) is 4.65. The molecule has 0 saturated carbocycles. The van der Waals surface area contributed by atoms with Crippen LogP contribution < -0.4 is 5.32 Å². The Hall–Kier alpha value is -0.550. The van der Waals surface area contributed by atoms with E-state index in [1.807, 2.05) is 0 Å². The molecule has 0 aliphatic heterocycles. The maximum absolute atomic E-state index is 11.2. The quantitative estimate of drug-likeness (QED) is 0.601. The molecule has 0 radical (unpaired) electrons. The first-order chi connectivity index (χ1) is 6.11.